The van der Waals surface area contributed by atoms with Crippen molar-refractivity contribution in [2.45, 2.75) is 27.3 Å². The van der Waals surface area contributed by atoms with Gasteiger partial charge in [-0.25, -0.2) is 9.36 Å². The molecule has 31 heavy (non-hydrogen) atoms. The average molecular weight is 421 g/mol. The molecule has 3 aromatic rings. The Balaban J connectivity index is 1.82. The Hall–Kier alpha value is -3.19. The SMILES string of the molecule is CCN1CCN(C(=O)Cn2c(=O)n(-c3cccc(C)c3)c(=O)c3cc(C)ccc32)CC1. The molecule has 0 aliphatic carbocycles. The first kappa shape index (κ1) is 21.1. The van der Waals surface area contributed by atoms with Gasteiger partial charge in [0.25, 0.3) is 5.56 Å². The van der Waals surface area contributed by atoms with Crippen LogP contribution in [0.2, 0.25) is 0 Å². The fourth-order valence-corrected chi connectivity index (χ4v) is 4.18. The zero-order valence-electron chi connectivity index (χ0n) is 18.3. The summed E-state index contributed by atoms with van der Waals surface area (Å²) in [5.41, 5.74) is 2.01. The van der Waals surface area contributed by atoms with Crippen LogP contribution in [0.25, 0.3) is 16.6 Å². The van der Waals surface area contributed by atoms with Gasteiger partial charge in [0.15, 0.2) is 0 Å². The molecular weight excluding hydrogens is 392 g/mol. The largest absolute Gasteiger partial charge is 0.339 e. The van der Waals surface area contributed by atoms with E-state index in [1.807, 2.05) is 32.0 Å². The smallest absolute Gasteiger partial charge is 0.336 e. The number of likely N-dealkylation sites (N-methyl/N-ethyl adjacent to an activating group) is 1. The van der Waals surface area contributed by atoms with Gasteiger partial charge in [0, 0.05) is 26.2 Å². The molecule has 0 atom stereocenters. The summed E-state index contributed by atoms with van der Waals surface area (Å²) in [7, 11) is 0. The van der Waals surface area contributed by atoms with Gasteiger partial charge in [0.1, 0.15) is 6.54 Å². The topological polar surface area (TPSA) is 67.5 Å². The Morgan fingerprint density at radius 2 is 1.65 bits per heavy atom. The molecule has 0 N–H and O–H groups in total. The lowest BCUT2D eigenvalue weighted by Crippen LogP contribution is -2.50. The second-order valence-electron chi connectivity index (χ2n) is 8.18. The van der Waals surface area contributed by atoms with Gasteiger partial charge in [-0.1, -0.05) is 30.7 Å². The van der Waals surface area contributed by atoms with Gasteiger partial charge in [-0.05, 0) is 50.2 Å². The molecule has 2 heterocycles. The molecule has 4 rings (SSSR count). The maximum Gasteiger partial charge on any atom is 0.336 e. The first-order chi connectivity index (χ1) is 14.9. The van der Waals surface area contributed by atoms with Crippen molar-refractivity contribution in [3.05, 3.63) is 74.4 Å². The van der Waals surface area contributed by atoms with Crippen LogP contribution in [-0.4, -0.2) is 57.6 Å². The summed E-state index contributed by atoms with van der Waals surface area (Å²) >= 11 is 0. The number of nitrogens with zero attached hydrogens (tertiary/aromatic N) is 4. The molecule has 1 amide bonds. The van der Waals surface area contributed by atoms with Gasteiger partial charge in [-0.15, -0.1) is 0 Å². The highest BCUT2D eigenvalue weighted by Gasteiger charge is 2.23. The summed E-state index contributed by atoms with van der Waals surface area (Å²) < 4.78 is 2.62. The summed E-state index contributed by atoms with van der Waals surface area (Å²) in [5, 5.41) is 0.435. The Morgan fingerprint density at radius 3 is 2.32 bits per heavy atom. The Labute approximate surface area is 181 Å². The molecule has 0 radical (unpaired) electrons. The number of rotatable bonds is 4. The number of fused-ring (bicyclic) bond motifs is 1. The van der Waals surface area contributed by atoms with Gasteiger partial charge in [0.05, 0.1) is 16.6 Å². The van der Waals surface area contributed by atoms with Crippen LogP contribution in [0.3, 0.4) is 0 Å². The second-order valence-corrected chi connectivity index (χ2v) is 8.18. The molecule has 2 aromatic carbocycles. The highest BCUT2D eigenvalue weighted by atomic mass is 16.2. The first-order valence-electron chi connectivity index (χ1n) is 10.7. The lowest BCUT2D eigenvalue weighted by molar-refractivity contribution is -0.133. The van der Waals surface area contributed by atoms with Gasteiger partial charge in [-0.2, -0.15) is 0 Å². The van der Waals surface area contributed by atoms with E-state index in [4.69, 9.17) is 0 Å². The number of amides is 1. The number of carbonyl (C=O) groups excluding carboxylic acids is 1. The quantitative estimate of drug-likeness (QED) is 0.647. The summed E-state index contributed by atoms with van der Waals surface area (Å²) in [6, 6.07) is 12.7. The van der Waals surface area contributed by atoms with E-state index in [2.05, 4.69) is 11.8 Å². The maximum atomic E-state index is 13.5. The van der Waals surface area contributed by atoms with E-state index in [0.29, 0.717) is 29.7 Å². The summed E-state index contributed by atoms with van der Waals surface area (Å²) in [4.78, 5) is 43.9. The third kappa shape index (κ3) is 4.05. The lowest BCUT2D eigenvalue weighted by Gasteiger charge is -2.34. The van der Waals surface area contributed by atoms with Crippen molar-refractivity contribution in [3.63, 3.8) is 0 Å². The Kier molecular flexibility index (Phi) is 5.78. The normalized spacial score (nSPS) is 14.9. The predicted octanol–water partition coefficient (Wildman–Crippen LogP) is 1.93. The molecular formula is C24H28N4O3. The van der Waals surface area contributed by atoms with Gasteiger partial charge in [-0.3, -0.25) is 14.2 Å². The molecule has 7 heteroatoms. The molecule has 0 saturated carbocycles. The van der Waals surface area contributed by atoms with E-state index < -0.39 is 5.69 Å². The molecule has 1 aliphatic heterocycles. The number of benzene rings is 2. The number of carbonyl (C=O) groups is 1. The minimum atomic E-state index is -0.493. The number of hydrogen-bond acceptors (Lipinski definition) is 4. The van der Waals surface area contributed by atoms with Crippen molar-refractivity contribution in [2.24, 2.45) is 0 Å². The van der Waals surface area contributed by atoms with Crippen LogP contribution in [-0.2, 0) is 11.3 Å². The highest BCUT2D eigenvalue weighted by molar-refractivity contribution is 5.82. The molecule has 1 aliphatic rings. The lowest BCUT2D eigenvalue weighted by atomic mass is 10.1. The van der Waals surface area contributed by atoms with Gasteiger partial charge >= 0.3 is 5.69 Å². The minimum Gasteiger partial charge on any atom is -0.339 e. The van der Waals surface area contributed by atoms with Crippen LogP contribution in [0.5, 0.6) is 0 Å². The Bertz CT molecular complexity index is 1250. The van der Waals surface area contributed by atoms with Crippen molar-refractivity contribution in [1.82, 2.24) is 18.9 Å². The van der Waals surface area contributed by atoms with Crippen LogP contribution in [0.1, 0.15) is 18.1 Å². The van der Waals surface area contributed by atoms with Crippen molar-refractivity contribution < 1.29 is 4.79 Å². The van der Waals surface area contributed by atoms with Crippen molar-refractivity contribution in [1.29, 1.82) is 0 Å². The fourth-order valence-electron chi connectivity index (χ4n) is 4.18. The third-order valence-electron chi connectivity index (χ3n) is 6.02. The number of aromatic nitrogens is 2. The van der Waals surface area contributed by atoms with E-state index in [9.17, 15) is 14.4 Å². The molecule has 0 spiro atoms. The minimum absolute atomic E-state index is 0.0867. The molecule has 1 saturated heterocycles. The summed E-state index contributed by atoms with van der Waals surface area (Å²) in [6.07, 6.45) is 0. The fraction of sp³-hybridized carbons (Fsp3) is 0.375. The van der Waals surface area contributed by atoms with E-state index in [0.717, 1.165) is 30.8 Å². The van der Waals surface area contributed by atoms with Crippen LogP contribution < -0.4 is 11.2 Å². The molecule has 0 bridgehead atoms. The van der Waals surface area contributed by atoms with Gasteiger partial charge < -0.3 is 9.80 Å². The average Bonchev–Trinajstić information content (AvgIpc) is 2.77. The van der Waals surface area contributed by atoms with Crippen LogP contribution in [0.4, 0.5) is 0 Å². The molecule has 7 nitrogen and oxygen atoms in total. The van der Waals surface area contributed by atoms with Gasteiger partial charge in [0.2, 0.25) is 5.91 Å². The van der Waals surface area contributed by atoms with E-state index in [1.54, 1.807) is 29.2 Å². The van der Waals surface area contributed by atoms with Crippen molar-refractivity contribution in [2.75, 3.05) is 32.7 Å². The molecule has 1 aromatic heterocycles. The van der Waals surface area contributed by atoms with Crippen molar-refractivity contribution in [3.8, 4) is 5.69 Å². The van der Waals surface area contributed by atoms with E-state index in [-0.39, 0.29) is 18.0 Å². The second kappa shape index (κ2) is 8.51. The monoisotopic (exact) mass is 420 g/mol. The predicted molar refractivity (Wildman–Crippen MR) is 122 cm³/mol. The molecule has 0 unspecified atom stereocenters. The van der Waals surface area contributed by atoms with E-state index in [1.165, 1.54) is 9.13 Å². The molecule has 1 fully saturated rings. The third-order valence-corrected chi connectivity index (χ3v) is 6.02. The summed E-state index contributed by atoms with van der Waals surface area (Å²) in [6.45, 7) is 9.77. The van der Waals surface area contributed by atoms with Crippen molar-refractivity contribution >= 4 is 16.8 Å². The number of hydrogen-bond donors (Lipinski definition) is 0. The summed E-state index contributed by atoms with van der Waals surface area (Å²) in [5.74, 6) is -0.103. The van der Waals surface area contributed by atoms with E-state index >= 15 is 0 Å². The molecule has 162 valence electrons. The first-order valence-corrected chi connectivity index (χ1v) is 10.7. The van der Waals surface area contributed by atoms with Crippen LogP contribution in [0.15, 0.2) is 52.1 Å². The zero-order chi connectivity index (χ0) is 22.1. The number of piperazine rings is 1. The van der Waals surface area contributed by atoms with Crippen LogP contribution >= 0.6 is 0 Å². The zero-order valence-corrected chi connectivity index (χ0v) is 18.3. The Morgan fingerprint density at radius 1 is 0.935 bits per heavy atom. The highest BCUT2D eigenvalue weighted by Crippen LogP contribution is 2.14. The number of aryl methyl sites for hydroxylation is 2. The maximum absolute atomic E-state index is 13.5. The standard InChI is InChI=1S/C24H28N4O3/c1-4-25-10-12-26(13-11-25)22(29)16-27-21-9-8-18(3)15-20(21)23(30)28(24(27)31)19-7-5-6-17(2)14-19/h5-9,14-15H,4,10-13,16H2,1-3H3. The van der Waals surface area contributed by atoms with Crippen LogP contribution in [0, 0.1) is 13.8 Å².